The summed E-state index contributed by atoms with van der Waals surface area (Å²) in [4.78, 5) is 29.6. The Bertz CT molecular complexity index is 1150. The molecule has 0 fully saturated rings. The summed E-state index contributed by atoms with van der Waals surface area (Å²) in [7, 11) is 5.41. The molecule has 0 aliphatic carbocycles. The molecule has 0 spiro atoms. The molecule has 3 rings (SSSR count). The Morgan fingerprint density at radius 1 is 0.971 bits per heavy atom. The van der Waals surface area contributed by atoms with Crippen LogP contribution >= 0.6 is 0 Å². The fourth-order valence-electron chi connectivity index (χ4n) is 3.70. The summed E-state index contributed by atoms with van der Waals surface area (Å²) < 4.78 is 18.5. The first-order valence-electron chi connectivity index (χ1n) is 11.1. The molecule has 0 saturated heterocycles. The van der Waals surface area contributed by atoms with Crippen molar-refractivity contribution in [2.75, 3.05) is 38.0 Å². The van der Waals surface area contributed by atoms with Gasteiger partial charge in [0.15, 0.2) is 0 Å². The highest BCUT2D eigenvalue weighted by atomic mass is 19.1. The Morgan fingerprint density at radius 3 is 2.35 bits per heavy atom. The van der Waals surface area contributed by atoms with Gasteiger partial charge in [0, 0.05) is 49.7 Å². The molecule has 0 aliphatic rings. The Hall–Kier alpha value is -3.87. The average molecular weight is 464 g/mol. The summed E-state index contributed by atoms with van der Waals surface area (Å²) in [5, 5.41) is 2.93. The summed E-state index contributed by atoms with van der Waals surface area (Å²) in [5.74, 6) is -0.202. The first-order valence-corrected chi connectivity index (χ1v) is 11.1. The van der Waals surface area contributed by atoms with Gasteiger partial charge in [0.05, 0.1) is 7.11 Å². The number of amides is 2. The standard InChI is InChI=1S/C27H30FN3O3/c1-5-15-31(27(33)19-9-11-22(28)12-10-19)18-21-16-23(13-14-25(21)30(2)3)29-26(32)20-7-6-8-24(17-20)34-4/h6-14,16-17H,5,15,18H2,1-4H3,(H,29,32). The Morgan fingerprint density at radius 2 is 1.71 bits per heavy atom. The van der Waals surface area contributed by atoms with E-state index in [1.807, 2.05) is 44.1 Å². The lowest BCUT2D eigenvalue weighted by atomic mass is 10.1. The molecule has 0 aliphatic heterocycles. The number of methoxy groups -OCH3 is 1. The monoisotopic (exact) mass is 463 g/mol. The molecule has 0 heterocycles. The van der Waals surface area contributed by atoms with Crippen LogP contribution in [0.3, 0.4) is 0 Å². The molecule has 3 aromatic carbocycles. The highest BCUT2D eigenvalue weighted by Crippen LogP contribution is 2.26. The van der Waals surface area contributed by atoms with E-state index in [2.05, 4.69) is 5.32 Å². The van der Waals surface area contributed by atoms with E-state index in [1.165, 1.54) is 24.3 Å². The van der Waals surface area contributed by atoms with Crippen LogP contribution in [-0.4, -0.2) is 44.5 Å². The van der Waals surface area contributed by atoms with Crippen LogP contribution in [0.4, 0.5) is 15.8 Å². The van der Waals surface area contributed by atoms with Crippen LogP contribution in [-0.2, 0) is 6.54 Å². The van der Waals surface area contributed by atoms with E-state index >= 15 is 0 Å². The maximum absolute atomic E-state index is 13.3. The van der Waals surface area contributed by atoms with Crippen LogP contribution in [0, 0.1) is 5.82 Å². The van der Waals surface area contributed by atoms with Gasteiger partial charge in [-0.2, -0.15) is 0 Å². The van der Waals surface area contributed by atoms with Crippen molar-refractivity contribution in [3.05, 3.63) is 89.2 Å². The molecule has 0 unspecified atom stereocenters. The van der Waals surface area contributed by atoms with Gasteiger partial charge in [-0.05, 0) is 72.6 Å². The van der Waals surface area contributed by atoms with Gasteiger partial charge in [-0.1, -0.05) is 13.0 Å². The predicted octanol–water partition coefficient (Wildman–Crippen LogP) is 5.21. The number of carbonyl (C=O) groups is 2. The van der Waals surface area contributed by atoms with Gasteiger partial charge in [0.1, 0.15) is 11.6 Å². The third-order valence-corrected chi connectivity index (χ3v) is 5.38. The Balaban J connectivity index is 1.87. The zero-order chi connectivity index (χ0) is 24.7. The van der Waals surface area contributed by atoms with E-state index in [4.69, 9.17) is 4.74 Å². The Kier molecular flexibility index (Phi) is 8.24. The van der Waals surface area contributed by atoms with Crippen LogP contribution in [0.15, 0.2) is 66.7 Å². The third kappa shape index (κ3) is 6.13. The van der Waals surface area contributed by atoms with Crippen LogP contribution in [0.1, 0.15) is 39.6 Å². The number of carbonyl (C=O) groups excluding carboxylic acids is 2. The predicted molar refractivity (Wildman–Crippen MR) is 133 cm³/mol. The zero-order valence-corrected chi connectivity index (χ0v) is 20.0. The molecule has 2 amide bonds. The van der Waals surface area contributed by atoms with E-state index in [0.717, 1.165) is 17.7 Å². The fraction of sp³-hybridized carbons (Fsp3) is 0.259. The van der Waals surface area contributed by atoms with Gasteiger partial charge in [0.25, 0.3) is 11.8 Å². The van der Waals surface area contributed by atoms with Crippen molar-refractivity contribution >= 4 is 23.2 Å². The van der Waals surface area contributed by atoms with Gasteiger partial charge >= 0.3 is 0 Å². The number of nitrogens with zero attached hydrogens (tertiary/aromatic N) is 2. The van der Waals surface area contributed by atoms with Crippen molar-refractivity contribution in [2.24, 2.45) is 0 Å². The van der Waals surface area contributed by atoms with Gasteiger partial charge in [-0.3, -0.25) is 9.59 Å². The normalized spacial score (nSPS) is 10.5. The van der Waals surface area contributed by atoms with Crippen molar-refractivity contribution in [3.8, 4) is 5.75 Å². The van der Waals surface area contributed by atoms with E-state index in [9.17, 15) is 14.0 Å². The second kappa shape index (κ2) is 11.3. The van der Waals surface area contributed by atoms with E-state index in [-0.39, 0.29) is 17.6 Å². The van der Waals surface area contributed by atoms with E-state index in [1.54, 1.807) is 36.3 Å². The summed E-state index contributed by atoms with van der Waals surface area (Å²) in [6, 6.07) is 18.1. The molecule has 7 heteroatoms. The largest absolute Gasteiger partial charge is 0.497 e. The molecule has 3 aromatic rings. The van der Waals surface area contributed by atoms with Gasteiger partial charge in [-0.15, -0.1) is 0 Å². The Labute approximate surface area is 200 Å². The lowest BCUT2D eigenvalue weighted by Gasteiger charge is -2.26. The molecule has 6 nitrogen and oxygen atoms in total. The molecule has 1 N–H and O–H groups in total. The molecule has 0 atom stereocenters. The highest BCUT2D eigenvalue weighted by Gasteiger charge is 2.18. The van der Waals surface area contributed by atoms with Crippen LogP contribution < -0.4 is 15.0 Å². The molecule has 34 heavy (non-hydrogen) atoms. The summed E-state index contributed by atoms with van der Waals surface area (Å²) in [6.07, 6.45) is 0.774. The molecule has 0 radical (unpaired) electrons. The van der Waals surface area contributed by atoms with E-state index < -0.39 is 0 Å². The molecular formula is C27H30FN3O3. The topological polar surface area (TPSA) is 61.9 Å². The summed E-state index contributed by atoms with van der Waals surface area (Å²) >= 11 is 0. The minimum atomic E-state index is -0.382. The van der Waals surface area contributed by atoms with Crippen LogP contribution in [0.5, 0.6) is 5.75 Å². The minimum absolute atomic E-state index is 0.169. The number of rotatable bonds is 9. The highest BCUT2D eigenvalue weighted by molar-refractivity contribution is 6.04. The smallest absolute Gasteiger partial charge is 0.255 e. The van der Waals surface area contributed by atoms with Crippen molar-refractivity contribution < 1.29 is 18.7 Å². The molecule has 0 bridgehead atoms. The van der Waals surface area contributed by atoms with Crippen molar-refractivity contribution in [2.45, 2.75) is 19.9 Å². The number of ether oxygens (including phenoxy) is 1. The first-order chi connectivity index (χ1) is 16.3. The van der Waals surface area contributed by atoms with Crippen LogP contribution in [0.2, 0.25) is 0 Å². The maximum atomic E-state index is 13.3. The maximum Gasteiger partial charge on any atom is 0.255 e. The van der Waals surface area contributed by atoms with Gasteiger partial charge in [-0.25, -0.2) is 4.39 Å². The molecule has 0 aromatic heterocycles. The lowest BCUT2D eigenvalue weighted by Crippen LogP contribution is -2.32. The summed E-state index contributed by atoms with van der Waals surface area (Å²) in [6.45, 7) is 2.90. The average Bonchev–Trinajstić information content (AvgIpc) is 2.83. The second-order valence-corrected chi connectivity index (χ2v) is 8.16. The van der Waals surface area contributed by atoms with Gasteiger partial charge < -0.3 is 19.9 Å². The molecular weight excluding hydrogens is 433 g/mol. The SMILES string of the molecule is CCCN(Cc1cc(NC(=O)c2cccc(OC)c2)ccc1N(C)C)C(=O)c1ccc(F)cc1. The molecule has 0 saturated carbocycles. The van der Waals surface area contributed by atoms with E-state index in [0.29, 0.717) is 35.7 Å². The zero-order valence-electron chi connectivity index (χ0n) is 20.0. The molecule has 178 valence electrons. The summed E-state index contributed by atoms with van der Waals surface area (Å²) in [5.41, 5.74) is 3.37. The number of benzene rings is 3. The number of halogens is 1. The quantitative estimate of drug-likeness (QED) is 0.474. The number of nitrogens with one attached hydrogen (secondary N) is 1. The van der Waals surface area contributed by atoms with Crippen LogP contribution in [0.25, 0.3) is 0 Å². The van der Waals surface area contributed by atoms with Crippen molar-refractivity contribution in [1.29, 1.82) is 0 Å². The second-order valence-electron chi connectivity index (χ2n) is 8.16. The number of anilines is 2. The fourth-order valence-corrected chi connectivity index (χ4v) is 3.70. The lowest BCUT2D eigenvalue weighted by molar-refractivity contribution is 0.0743. The van der Waals surface area contributed by atoms with Crippen molar-refractivity contribution in [1.82, 2.24) is 4.90 Å². The number of hydrogen-bond donors (Lipinski definition) is 1. The third-order valence-electron chi connectivity index (χ3n) is 5.38. The van der Waals surface area contributed by atoms with Gasteiger partial charge in [0.2, 0.25) is 0 Å². The minimum Gasteiger partial charge on any atom is -0.497 e. The number of hydrogen-bond acceptors (Lipinski definition) is 4. The first kappa shape index (κ1) is 24.8. The van der Waals surface area contributed by atoms with Crippen molar-refractivity contribution in [3.63, 3.8) is 0 Å².